The van der Waals surface area contributed by atoms with Crippen molar-refractivity contribution in [2.45, 2.75) is 5.60 Å². The summed E-state index contributed by atoms with van der Waals surface area (Å²) in [6, 6.07) is 12.7. The van der Waals surface area contributed by atoms with Gasteiger partial charge in [-0.15, -0.1) is 0 Å². The Hall–Kier alpha value is -1.94. The van der Waals surface area contributed by atoms with Crippen molar-refractivity contribution in [1.82, 2.24) is 9.97 Å². The summed E-state index contributed by atoms with van der Waals surface area (Å²) in [5.41, 5.74) is 2.16. The smallest absolute Gasteiger partial charge is 0.146 e. The fraction of sp³-hybridized carbons (Fsp3) is 0.0588. The van der Waals surface area contributed by atoms with Gasteiger partial charge in [0, 0.05) is 38.5 Å². The highest BCUT2D eigenvalue weighted by atomic mass is 35.5. The quantitative estimate of drug-likeness (QED) is 0.733. The van der Waals surface area contributed by atoms with E-state index in [-0.39, 0.29) is 0 Å². The lowest BCUT2D eigenvalue weighted by molar-refractivity contribution is 0.130. The average molecular weight is 329 g/mol. The summed E-state index contributed by atoms with van der Waals surface area (Å²) >= 11 is 12.3. The molecule has 2 aromatic carbocycles. The lowest BCUT2D eigenvalue weighted by Gasteiger charge is -2.26. The second-order valence-corrected chi connectivity index (χ2v) is 6.01. The van der Waals surface area contributed by atoms with Gasteiger partial charge in [-0.1, -0.05) is 53.5 Å². The maximum absolute atomic E-state index is 11.5. The fourth-order valence-corrected chi connectivity index (χ4v) is 3.58. The molecule has 0 fully saturated rings. The molecule has 1 heterocycles. The Kier molecular flexibility index (Phi) is 2.98. The maximum atomic E-state index is 11.5. The van der Waals surface area contributed by atoms with Crippen molar-refractivity contribution in [3.8, 4) is 11.3 Å². The van der Waals surface area contributed by atoms with Gasteiger partial charge in [-0.05, 0) is 12.1 Å². The molecule has 4 rings (SSSR count). The van der Waals surface area contributed by atoms with E-state index in [9.17, 15) is 5.11 Å². The fourth-order valence-electron chi connectivity index (χ4n) is 3.03. The molecule has 0 amide bonds. The zero-order chi connectivity index (χ0) is 15.3. The van der Waals surface area contributed by atoms with Crippen LogP contribution in [0.4, 0.5) is 0 Å². The van der Waals surface area contributed by atoms with Gasteiger partial charge in [0.2, 0.25) is 0 Å². The van der Waals surface area contributed by atoms with E-state index < -0.39 is 5.60 Å². The third-order valence-corrected chi connectivity index (χ3v) is 4.54. The van der Waals surface area contributed by atoms with Crippen molar-refractivity contribution in [2.75, 3.05) is 0 Å². The van der Waals surface area contributed by atoms with Gasteiger partial charge in [0.05, 0.1) is 5.69 Å². The minimum absolute atomic E-state index is 0.404. The van der Waals surface area contributed by atoms with Crippen LogP contribution in [-0.4, -0.2) is 15.1 Å². The zero-order valence-corrected chi connectivity index (χ0v) is 12.8. The van der Waals surface area contributed by atoms with Crippen LogP contribution in [0.25, 0.3) is 11.3 Å². The number of halogens is 2. The summed E-state index contributed by atoms with van der Waals surface area (Å²) in [6.45, 7) is 0. The van der Waals surface area contributed by atoms with Crippen LogP contribution in [0.15, 0.2) is 55.0 Å². The SMILES string of the molecule is OC1(c2ccc(Cl)cc2Cl)c2ccccc2-c2ncncc21. The Morgan fingerprint density at radius 2 is 1.77 bits per heavy atom. The second-order valence-electron chi connectivity index (χ2n) is 5.17. The summed E-state index contributed by atoms with van der Waals surface area (Å²) in [6.07, 6.45) is 3.11. The van der Waals surface area contributed by atoms with E-state index in [4.69, 9.17) is 23.2 Å². The van der Waals surface area contributed by atoms with E-state index in [0.29, 0.717) is 21.2 Å². The Labute approximate surface area is 137 Å². The van der Waals surface area contributed by atoms with Gasteiger partial charge in [0.15, 0.2) is 0 Å². The molecule has 0 saturated carbocycles. The van der Waals surface area contributed by atoms with Gasteiger partial charge in [0.25, 0.3) is 0 Å². The van der Waals surface area contributed by atoms with Crippen LogP contribution in [-0.2, 0) is 5.60 Å². The standard InChI is InChI=1S/C17H10Cl2N2O/c18-10-5-6-13(15(19)7-10)17(22)12-4-2-1-3-11(12)16-14(17)8-20-9-21-16/h1-9,22H. The number of aliphatic hydroxyl groups is 1. The molecule has 1 N–H and O–H groups in total. The molecule has 1 atom stereocenters. The van der Waals surface area contributed by atoms with E-state index in [2.05, 4.69) is 9.97 Å². The number of aromatic nitrogens is 2. The van der Waals surface area contributed by atoms with Crippen molar-refractivity contribution in [3.05, 3.63) is 81.7 Å². The number of hydrogen-bond donors (Lipinski definition) is 1. The van der Waals surface area contributed by atoms with Crippen molar-refractivity contribution < 1.29 is 5.11 Å². The second kappa shape index (κ2) is 4.78. The van der Waals surface area contributed by atoms with Gasteiger partial charge in [-0.2, -0.15) is 0 Å². The minimum atomic E-state index is -1.38. The van der Waals surface area contributed by atoms with Crippen molar-refractivity contribution in [3.63, 3.8) is 0 Å². The van der Waals surface area contributed by atoms with Crippen LogP contribution in [0.1, 0.15) is 16.7 Å². The maximum Gasteiger partial charge on any atom is 0.146 e. The highest BCUT2D eigenvalue weighted by Crippen LogP contribution is 2.51. The molecule has 5 heteroatoms. The number of rotatable bonds is 1. The number of hydrogen-bond acceptors (Lipinski definition) is 3. The van der Waals surface area contributed by atoms with Gasteiger partial charge in [-0.3, -0.25) is 0 Å². The van der Waals surface area contributed by atoms with Gasteiger partial charge >= 0.3 is 0 Å². The highest BCUT2D eigenvalue weighted by Gasteiger charge is 2.45. The molecule has 3 aromatic rings. The highest BCUT2D eigenvalue weighted by molar-refractivity contribution is 6.35. The zero-order valence-electron chi connectivity index (χ0n) is 11.3. The van der Waals surface area contributed by atoms with Gasteiger partial charge in [0.1, 0.15) is 11.9 Å². The molecule has 0 bridgehead atoms. The third kappa shape index (κ3) is 1.73. The first-order chi connectivity index (χ1) is 10.6. The number of fused-ring (bicyclic) bond motifs is 3. The van der Waals surface area contributed by atoms with Crippen LogP contribution < -0.4 is 0 Å². The summed E-state index contributed by atoms with van der Waals surface area (Å²) < 4.78 is 0. The summed E-state index contributed by atoms with van der Waals surface area (Å²) in [7, 11) is 0. The molecule has 0 aliphatic heterocycles. The van der Waals surface area contributed by atoms with Gasteiger partial charge < -0.3 is 5.11 Å². The Morgan fingerprint density at radius 3 is 2.59 bits per heavy atom. The lowest BCUT2D eigenvalue weighted by atomic mass is 9.85. The lowest BCUT2D eigenvalue weighted by Crippen LogP contribution is -2.26. The van der Waals surface area contributed by atoms with Crippen molar-refractivity contribution >= 4 is 23.2 Å². The first-order valence-corrected chi connectivity index (χ1v) is 7.46. The Balaban J connectivity index is 2.09. The van der Waals surface area contributed by atoms with Crippen LogP contribution in [0.5, 0.6) is 0 Å². The number of nitrogens with zero attached hydrogens (tertiary/aromatic N) is 2. The Bertz CT molecular complexity index is 850. The summed E-state index contributed by atoms with van der Waals surface area (Å²) in [5, 5.41) is 12.5. The van der Waals surface area contributed by atoms with Crippen molar-refractivity contribution in [2.24, 2.45) is 0 Å². The predicted molar refractivity (Wildman–Crippen MR) is 86.0 cm³/mol. The van der Waals surface area contributed by atoms with Crippen molar-refractivity contribution in [1.29, 1.82) is 0 Å². The van der Waals surface area contributed by atoms with E-state index >= 15 is 0 Å². The molecule has 1 aliphatic rings. The first kappa shape index (κ1) is 13.7. The molecular formula is C17H10Cl2N2O. The molecule has 3 nitrogen and oxygen atoms in total. The van der Waals surface area contributed by atoms with Crippen LogP contribution in [0.2, 0.25) is 10.0 Å². The van der Waals surface area contributed by atoms with Crippen LogP contribution >= 0.6 is 23.2 Å². The van der Waals surface area contributed by atoms with E-state index in [1.807, 2.05) is 24.3 Å². The van der Waals surface area contributed by atoms with Gasteiger partial charge in [-0.25, -0.2) is 9.97 Å². The molecule has 0 radical (unpaired) electrons. The van der Waals surface area contributed by atoms with E-state index in [0.717, 1.165) is 16.8 Å². The molecule has 1 aliphatic carbocycles. The number of benzene rings is 2. The summed E-state index contributed by atoms with van der Waals surface area (Å²) in [5.74, 6) is 0. The molecule has 0 saturated heterocycles. The minimum Gasteiger partial charge on any atom is -0.376 e. The normalized spacial score (nSPS) is 18.9. The summed E-state index contributed by atoms with van der Waals surface area (Å²) in [4.78, 5) is 8.40. The largest absolute Gasteiger partial charge is 0.376 e. The molecule has 108 valence electrons. The molecule has 1 aromatic heterocycles. The topological polar surface area (TPSA) is 46.0 Å². The molecule has 1 unspecified atom stereocenters. The molecule has 0 spiro atoms. The average Bonchev–Trinajstić information content (AvgIpc) is 2.79. The van der Waals surface area contributed by atoms with Crippen LogP contribution in [0, 0.1) is 0 Å². The van der Waals surface area contributed by atoms with E-state index in [1.165, 1.54) is 6.33 Å². The molecular weight excluding hydrogens is 319 g/mol. The monoisotopic (exact) mass is 328 g/mol. The third-order valence-electron chi connectivity index (χ3n) is 3.99. The Morgan fingerprint density at radius 1 is 0.955 bits per heavy atom. The molecule has 22 heavy (non-hydrogen) atoms. The van der Waals surface area contributed by atoms with Crippen LogP contribution in [0.3, 0.4) is 0 Å². The first-order valence-electron chi connectivity index (χ1n) is 6.70. The predicted octanol–water partition coefficient (Wildman–Crippen LogP) is 4.05. The van der Waals surface area contributed by atoms with E-state index in [1.54, 1.807) is 24.4 Å².